The van der Waals surface area contributed by atoms with Gasteiger partial charge >= 0.3 is 17.9 Å². The quantitative estimate of drug-likeness (QED) is 0.447. The molecule has 0 aromatic heterocycles. The molecule has 2 heterocycles. The summed E-state index contributed by atoms with van der Waals surface area (Å²) in [5.41, 5.74) is -1.37. The SMILES string of the molecule is CC(=O)O[C@@H]1C[C@@H](C(=O)OC(C)C)O[C@@H]2[C@@H]1OC(Sc1ccccc1)[C@@H]2OC(=O)C(C)(C)C. The van der Waals surface area contributed by atoms with E-state index in [1.165, 1.54) is 18.7 Å². The molecule has 2 fully saturated rings. The number of hydrogen-bond acceptors (Lipinski definition) is 9. The van der Waals surface area contributed by atoms with Crippen molar-refractivity contribution in [3.8, 4) is 0 Å². The number of benzene rings is 1. The van der Waals surface area contributed by atoms with Crippen LogP contribution in [0.25, 0.3) is 0 Å². The summed E-state index contributed by atoms with van der Waals surface area (Å²) >= 11 is 1.38. The van der Waals surface area contributed by atoms with Crippen molar-refractivity contribution in [1.82, 2.24) is 0 Å². The molecule has 6 atom stereocenters. The molecular weight excluding hydrogens is 448 g/mol. The van der Waals surface area contributed by atoms with E-state index in [1.54, 1.807) is 34.6 Å². The molecular formula is C24H32O8S. The molecule has 1 aromatic carbocycles. The summed E-state index contributed by atoms with van der Waals surface area (Å²) < 4.78 is 29.1. The number of fused-ring (bicyclic) bond motifs is 1. The molecule has 3 rings (SSSR count). The Morgan fingerprint density at radius 2 is 1.70 bits per heavy atom. The van der Waals surface area contributed by atoms with Crippen LogP contribution in [-0.4, -0.2) is 60.0 Å². The van der Waals surface area contributed by atoms with Crippen LogP contribution in [0.15, 0.2) is 35.2 Å². The second kappa shape index (κ2) is 10.4. The van der Waals surface area contributed by atoms with Gasteiger partial charge in [0.2, 0.25) is 0 Å². The maximum absolute atomic E-state index is 12.8. The normalized spacial score (nSPS) is 29.3. The van der Waals surface area contributed by atoms with Gasteiger partial charge in [-0.15, -0.1) is 0 Å². The number of carbonyl (C=O) groups excluding carboxylic acids is 3. The number of carbonyl (C=O) groups is 3. The third-order valence-corrected chi connectivity index (χ3v) is 6.28. The van der Waals surface area contributed by atoms with Gasteiger partial charge < -0.3 is 23.7 Å². The molecule has 0 spiro atoms. The molecule has 0 N–H and O–H groups in total. The first-order valence-electron chi connectivity index (χ1n) is 11.1. The molecule has 8 nitrogen and oxygen atoms in total. The second-order valence-electron chi connectivity index (χ2n) is 9.48. The smallest absolute Gasteiger partial charge is 0.335 e. The number of hydrogen-bond donors (Lipinski definition) is 0. The van der Waals surface area contributed by atoms with Crippen LogP contribution in [0.2, 0.25) is 0 Å². The predicted octanol–water partition coefficient (Wildman–Crippen LogP) is 3.50. The van der Waals surface area contributed by atoms with E-state index in [0.717, 1.165) is 4.90 Å². The minimum Gasteiger partial charge on any atom is -0.461 e. The predicted molar refractivity (Wildman–Crippen MR) is 120 cm³/mol. The van der Waals surface area contributed by atoms with Crippen molar-refractivity contribution in [2.45, 2.75) is 94.9 Å². The van der Waals surface area contributed by atoms with Crippen LogP contribution in [0.3, 0.4) is 0 Å². The molecule has 1 unspecified atom stereocenters. The minimum atomic E-state index is -0.974. The van der Waals surface area contributed by atoms with Crippen molar-refractivity contribution in [2.24, 2.45) is 5.41 Å². The highest BCUT2D eigenvalue weighted by Gasteiger charge is 2.57. The second-order valence-corrected chi connectivity index (χ2v) is 10.7. The number of thioether (sulfide) groups is 1. The summed E-state index contributed by atoms with van der Waals surface area (Å²) in [5.74, 6) is -1.47. The first kappa shape index (κ1) is 25.5. The van der Waals surface area contributed by atoms with E-state index in [0.29, 0.717) is 0 Å². The van der Waals surface area contributed by atoms with Crippen LogP contribution in [-0.2, 0) is 38.1 Å². The third-order valence-electron chi connectivity index (χ3n) is 5.12. The van der Waals surface area contributed by atoms with E-state index >= 15 is 0 Å². The molecule has 0 radical (unpaired) electrons. The molecule has 0 saturated carbocycles. The number of ether oxygens (including phenoxy) is 5. The lowest BCUT2D eigenvalue weighted by molar-refractivity contribution is -0.205. The van der Waals surface area contributed by atoms with E-state index in [-0.39, 0.29) is 12.5 Å². The first-order chi connectivity index (χ1) is 15.5. The Bertz CT molecular complexity index is 850. The number of rotatable bonds is 6. The van der Waals surface area contributed by atoms with Gasteiger partial charge in [0, 0.05) is 18.2 Å². The maximum Gasteiger partial charge on any atom is 0.335 e. The minimum absolute atomic E-state index is 0.0922. The van der Waals surface area contributed by atoms with Gasteiger partial charge in [-0.05, 0) is 46.8 Å². The molecule has 0 aliphatic carbocycles. The topological polar surface area (TPSA) is 97.4 Å². The molecule has 33 heavy (non-hydrogen) atoms. The van der Waals surface area contributed by atoms with Crippen molar-refractivity contribution in [2.75, 3.05) is 0 Å². The Balaban J connectivity index is 1.91. The number of esters is 3. The molecule has 0 bridgehead atoms. The van der Waals surface area contributed by atoms with Gasteiger partial charge in [0.1, 0.15) is 23.7 Å². The third kappa shape index (κ3) is 6.49. The van der Waals surface area contributed by atoms with E-state index in [2.05, 4.69) is 0 Å². The van der Waals surface area contributed by atoms with Crippen molar-refractivity contribution < 1.29 is 38.1 Å². The largest absolute Gasteiger partial charge is 0.461 e. The Morgan fingerprint density at radius 3 is 2.27 bits per heavy atom. The van der Waals surface area contributed by atoms with E-state index in [4.69, 9.17) is 23.7 Å². The fourth-order valence-electron chi connectivity index (χ4n) is 3.64. The van der Waals surface area contributed by atoms with Crippen LogP contribution in [0.1, 0.15) is 48.0 Å². The van der Waals surface area contributed by atoms with Crippen molar-refractivity contribution in [1.29, 1.82) is 0 Å². The summed E-state index contributed by atoms with van der Waals surface area (Å²) in [7, 11) is 0. The summed E-state index contributed by atoms with van der Waals surface area (Å²) in [4.78, 5) is 38.1. The molecule has 2 aliphatic rings. The standard InChI is InChI=1S/C24H32O8S/c1-13(2)28-21(26)17-12-16(29-14(3)25)18-19(30-17)20(32-23(27)24(4,5)6)22(31-18)33-15-10-8-7-9-11-15/h7-11,13,16-20,22H,12H2,1-6H3/t16-,17+,18-,19-,20-,22?/m1/s1. The van der Waals surface area contributed by atoms with Crippen molar-refractivity contribution in [3.05, 3.63) is 30.3 Å². The van der Waals surface area contributed by atoms with Crippen molar-refractivity contribution >= 4 is 29.7 Å². The van der Waals surface area contributed by atoms with Gasteiger partial charge in [0.15, 0.2) is 12.2 Å². The zero-order valence-corrected chi connectivity index (χ0v) is 20.6. The highest BCUT2D eigenvalue weighted by Crippen LogP contribution is 2.43. The maximum atomic E-state index is 12.8. The average Bonchev–Trinajstić information content (AvgIpc) is 3.04. The molecule has 2 saturated heterocycles. The van der Waals surface area contributed by atoms with E-state index in [9.17, 15) is 14.4 Å². The van der Waals surface area contributed by atoms with Gasteiger partial charge in [-0.2, -0.15) is 0 Å². The monoisotopic (exact) mass is 480 g/mol. The zero-order chi connectivity index (χ0) is 24.3. The first-order valence-corrected chi connectivity index (χ1v) is 11.9. The lowest BCUT2D eigenvalue weighted by atomic mass is 9.95. The molecule has 0 amide bonds. The Labute approximate surface area is 198 Å². The van der Waals surface area contributed by atoms with E-state index in [1.807, 2.05) is 30.3 Å². The molecule has 2 aliphatic heterocycles. The van der Waals surface area contributed by atoms with Gasteiger partial charge in [0.05, 0.1) is 11.5 Å². The summed E-state index contributed by atoms with van der Waals surface area (Å²) in [6, 6.07) is 9.55. The Kier molecular flexibility index (Phi) is 8.08. The van der Waals surface area contributed by atoms with Crippen LogP contribution in [0.4, 0.5) is 0 Å². The lowest BCUT2D eigenvalue weighted by Crippen LogP contribution is -2.54. The summed E-state index contributed by atoms with van der Waals surface area (Å²) in [6.07, 6.45) is -4.28. The van der Waals surface area contributed by atoms with Crippen LogP contribution >= 0.6 is 11.8 Å². The molecule has 182 valence electrons. The fourth-order valence-corrected chi connectivity index (χ4v) is 4.75. The van der Waals surface area contributed by atoms with E-state index < -0.39 is 59.3 Å². The summed E-state index contributed by atoms with van der Waals surface area (Å²) in [6.45, 7) is 10.1. The van der Waals surface area contributed by atoms with Crippen LogP contribution in [0.5, 0.6) is 0 Å². The van der Waals surface area contributed by atoms with Gasteiger partial charge in [0.25, 0.3) is 0 Å². The average molecular weight is 481 g/mol. The Hall–Kier alpha value is -2.10. The zero-order valence-electron chi connectivity index (χ0n) is 19.8. The highest BCUT2D eigenvalue weighted by atomic mass is 32.2. The Morgan fingerprint density at radius 1 is 1.03 bits per heavy atom. The summed E-state index contributed by atoms with van der Waals surface area (Å²) in [5, 5.41) is 0. The molecule has 9 heteroatoms. The van der Waals surface area contributed by atoms with Gasteiger partial charge in [-0.1, -0.05) is 30.0 Å². The highest BCUT2D eigenvalue weighted by molar-refractivity contribution is 7.99. The fraction of sp³-hybridized carbons (Fsp3) is 0.625. The van der Waals surface area contributed by atoms with Crippen LogP contribution < -0.4 is 0 Å². The lowest BCUT2D eigenvalue weighted by Gasteiger charge is -2.37. The van der Waals surface area contributed by atoms with Crippen molar-refractivity contribution in [3.63, 3.8) is 0 Å². The van der Waals surface area contributed by atoms with Crippen LogP contribution in [0, 0.1) is 5.41 Å². The molecule has 1 aromatic rings. The van der Waals surface area contributed by atoms with Gasteiger partial charge in [-0.25, -0.2) is 4.79 Å². The van der Waals surface area contributed by atoms with Gasteiger partial charge in [-0.3, -0.25) is 9.59 Å².